The molecule has 0 aromatic rings. The van der Waals surface area contributed by atoms with E-state index in [9.17, 15) is 13.2 Å². The zero-order valence-corrected chi connectivity index (χ0v) is 9.77. The summed E-state index contributed by atoms with van der Waals surface area (Å²) in [6.45, 7) is 4.83. The van der Waals surface area contributed by atoms with Crippen LogP contribution in [0, 0.1) is 11.3 Å². The normalized spacial score (nSPS) is 14.1. The molecule has 0 aliphatic rings. The van der Waals surface area contributed by atoms with Crippen molar-refractivity contribution < 1.29 is 13.2 Å². The van der Waals surface area contributed by atoms with E-state index in [1.807, 2.05) is 13.8 Å². The summed E-state index contributed by atoms with van der Waals surface area (Å²) in [4.78, 5) is 1.71. The summed E-state index contributed by atoms with van der Waals surface area (Å²) in [6, 6.07) is 0. The van der Waals surface area contributed by atoms with E-state index in [2.05, 4.69) is 0 Å². The van der Waals surface area contributed by atoms with Crippen LogP contribution < -0.4 is 5.73 Å². The summed E-state index contributed by atoms with van der Waals surface area (Å²) < 4.78 is 37.7. The number of nitrogens with one attached hydrogen (secondary N) is 1. The minimum Gasteiger partial charge on any atom is -0.387 e. The van der Waals surface area contributed by atoms with Crippen LogP contribution in [0.25, 0.3) is 0 Å². The molecule has 16 heavy (non-hydrogen) atoms. The van der Waals surface area contributed by atoms with Crippen LogP contribution in [0.5, 0.6) is 0 Å². The Morgan fingerprint density at radius 3 is 1.94 bits per heavy atom. The van der Waals surface area contributed by atoms with E-state index in [0.29, 0.717) is 13.1 Å². The van der Waals surface area contributed by atoms with Gasteiger partial charge in [0.05, 0.1) is 0 Å². The van der Waals surface area contributed by atoms with Crippen molar-refractivity contribution in [2.45, 2.75) is 32.9 Å². The zero-order chi connectivity index (χ0) is 12.8. The number of alkyl halides is 3. The van der Waals surface area contributed by atoms with Crippen molar-refractivity contribution in [1.29, 1.82) is 5.41 Å². The largest absolute Gasteiger partial charge is 0.399 e. The Balaban J connectivity index is 4.51. The molecule has 0 amide bonds. The maximum Gasteiger partial charge on any atom is 0.399 e. The second kappa shape index (κ2) is 6.73. The SMILES string of the molecule is CCCN(CCC)CC(C(=N)N)C(F)(F)F. The predicted octanol–water partition coefficient (Wildman–Crippen LogP) is 2.22. The van der Waals surface area contributed by atoms with Gasteiger partial charge in [0.25, 0.3) is 0 Å². The molecule has 0 aliphatic carbocycles. The number of amidine groups is 1. The zero-order valence-electron chi connectivity index (χ0n) is 9.77. The van der Waals surface area contributed by atoms with E-state index < -0.39 is 17.9 Å². The molecule has 3 N–H and O–H groups in total. The molecular formula is C10H20F3N3. The second-order valence-electron chi connectivity index (χ2n) is 3.85. The molecule has 96 valence electrons. The van der Waals surface area contributed by atoms with Gasteiger partial charge in [0, 0.05) is 6.54 Å². The van der Waals surface area contributed by atoms with Crippen molar-refractivity contribution in [3.63, 3.8) is 0 Å². The van der Waals surface area contributed by atoms with Gasteiger partial charge in [0.2, 0.25) is 0 Å². The summed E-state index contributed by atoms with van der Waals surface area (Å²) in [7, 11) is 0. The monoisotopic (exact) mass is 239 g/mol. The Hall–Kier alpha value is -0.780. The fourth-order valence-electron chi connectivity index (χ4n) is 1.56. The standard InChI is InChI=1S/C10H20F3N3/c1-3-5-16(6-4-2)7-8(9(14)15)10(11,12)13/h8H,3-7H2,1-2H3,(H3,14,15). The number of rotatable bonds is 7. The van der Waals surface area contributed by atoms with Crippen LogP contribution in [0.1, 0.15) is 26.7 Å². The molecular weight excluding hydrogens is 219 g/mol. The van der Waals surface area contributed by atoms with Gasteiger partial charge in [0.15, 0.2) is 0 Å². The highest BCUT2D eigenvalue weighted by atomic mass is 19.4. The third-order valence-electron chi connectivity index (χ3n) is 2.29. The first-order valence-corrected chi connectivity index (χ1v) is 5.45. The van der Waals surface area contributed by atoms with Gasteiger partial charge in [-0.3, -0.25) is 5.41 Å². The molecule has 0 aromatic carbocycles. The van der Waals surface area contributed by atoms with E-state index in [-0.39, 0.29) is 6.54 Å². The highest BCUT2D eigenvalue weighted by Crippen LogP contribution is 2.27. The smallest absolute Gasteiger partial charge is 0.387 e. The fraction of sp³-hybridized carbons (Fsp3) is 0.900. The summed E-state index contributed by atoms with van der Waals surface area (Å²) in [5.41, 5.74) is 5.00. The van der Waals surface area contributed by atoms with Gasteiger partial charge in [-0.1, -0.05) is 13.8 Å². The van der Waals surface area contributed by atoms with Gasteiger partial charge >= 0.3 is 6.18 Å². The van der Waals surface area contributed by atoms with Crippen molar-refractivity contribution >= 4 is 5.84 Å². The molecule has 0 aliphatic heterocycles. The molecule has 1 unspecified atom stereocenters. The Morgan fingerprint density at radius 1 is 1.25 bits per heavy atom. The van der Waals surface area contributed by atoms with Crippen molar-refractivity contribution in [3.8, 4) is 0 Å². The average molecular weight is 239 g/mol. The van der Waals surface area contributed by atoms with Crippen LogP contribution in [-0.4, -0.2) is 36.5 Å². The lowest BCUT2D eigenvalue weighted by atomic mass is 10.1. The van der Waals surface area contributed by atoms with E-state index in [1.165, 1.54) is 0 Å². The Bertz CT molecular complexity index is 210. The van der Waals surface area contributed by atoms with Crippen molar-refractivity contribution in [1.82, 2.24) is 4.90 Å². The minimum absolute atomic E-state index is 0.208. The van der Waals surface area contributed by atoms with Crippen LogP contribution in [0.4, 0.5) is 13.2 Å². The summed E-state index contributed by atoms with van der Waals surface area (Å²) in [5.74, 6) is -2.64. The van der Waals surface area contributed by atoms with Gasteiger partial charge < -0.3 is 10.6 Å². The first kappa shape index (κ1) is 15.2. The van der Waals surface area contributed by atoms with Gasteiger partial charge in [-0.2, -0.15) is 13.2 Å². The third kappa shape index (κ3) is 5.34. The number of hydrogen-bond donors (Lipinski definition) is 2. The van der Waals surface area contributed by atoms with Gasteiger partial charge in [-0.25, -0.2) is 0 Å². The molecule has 0 saturated carbocycles. The molecule has 0 saturated heterocycles. The maximum absolute atomic E-state index is 12.6. The molecule has 3 nitrogen and oxygen atoms in total. The molecule has 0 heterocycles. The first-order valence-electron chi connectivity index (χ1n) is 5.45. The molecule has 0 bridgehead atoms. The lowest BCUT2D eigenvalue weighted by Gasteiger charge is -2.27. The van der Waals surface area contributed by atoms with Gasteiger partial charge in [-0.15, -0.1) is 0 Å². The highest BCUT2D eigenvalue weighted by molar-refractivity contribution is 5.80. The topological polar surface area (TPSA) is 53.1 Å². The van der Waals surface area contributed by atoms with Crippen molar-refractivity contribution in [2.24, 2.45) is 11.7 Å². The predicted molar refractivity (Wildman–Crippen MR) is 58.5 cm³/mol. The molecule has 6 heteroatoms. The third-order valence-corrected chi connectivity index (χ3v) is 2.29. The van der Waals surface area contributed by atoms with Crippen LogP contribution in [-0.2, 0) is 0 Å². The van der Waals surface area contributed by atoms with E-state index >= 15 is 0 Å². The molecule has 1 atom stereocenters. The van der Waals surface area contributed by atoms with Gasteiger partial charge in [0.1, 0.15) is 11.8 Å². The lowest BCUT2D eigenvalue weighted by molar-refractivity contribution is -0.160. The summed E-state index contributed by atoms with van der Waals surface area (Å²) in [5, 5.41) is 7.00. The number of nitrogens with two attached hydrogens (primary N) is 1. The Kier molecular flexibility index (Phi) is 6.40. The lowest BCUT2D eigenvalue weighted by Crippen LogP contribution is -2.44. The van der Waals surface area contributed by atoms with E-state index in [1.54, 1.807) is 4.90 Å². The van der Waals surface area contributed by atoms with Crippen LogP contribution in [0.15, 0.2) is 0 Å². The van der Waals surface area contributed by atoms with Crippen LogP contribution in [0.2, 0.25) is 0 Å². The molecule has 0 radical (unpaired) electrons. The molecule has 0 fully saturated rings. The number of nitrogens with zero attached hydrogens (tertiary/aromatic N) is 1. The van der Waals surface area contributed by atoms with Crippen molar-refractivity contribution in [3.05, 3.63) is 0 Å². The Labute approximate surface area is 94.3 Å². The summed E-state index contributed by atoms with van der Waals surface area (Å²) >= 11 is 0. The van der Waals surface area contributed by atoms with E-state index in [0.717, 1.165) is 12.8 Å². The number of hydrogen-bond acceptors (Lipinski definition) is 2. The first-order chi connectivity index (χ1) is 7.32. The molecule has 0 rings (SSSR count). The molecule has 0 spiro atoms. The quantitative estimate of drug-likeness (QED) is 0.528. The average Bonchev–Trinajstić information content (AvgIpc) is 2.12. The van der Waals surface area contributed by atoms with Gasteiger partial charge in [-0.05, 0) is 25.9 Å². The number of halogens is 3. The molecule has 0 aromatic heterocycles. The van der Waals surface area contributed by atoms with Crippen LogP contribution >= 0.6 is 0 Å². The summed E-state index contributed by atoms with van der Waals surface area (Å²) in [6.07, 6.45) is -2.84. The highest BCUT2D eigenvalue weighted by Gasteiger charge is 2.42. The Morgan fingerprint density at radius 2 is 1.69 bits per heavy atom. The fourth-order valence-corrected chi connectivity index (χ4v) is 1.56. The van der Waals surface area contributed by atoms with Crippen LogP contribution in [0.3, 0.4) is 0 Å². The van der Waals surface area contributed by atoms with Crippen molar-refractivity contribution in [2.75, 3.05) is 19.6 Å². The maximum atomic E-state index is 12.6. The van der Waals surface area contributed by atoms with E-state index in [4.69, 9.17) is 11.1 Å². The minimum atomic E-state index is -4.43. The second-order valence-corrected chi connectivity index (χ2v) is 3.85.